The van der Waals surface area contributed by atoms with E-state index in [1.165, 1.54) is 23.1 Å². The first-order chi connectivity index (χ1) is 16.7. The number of methoxy groups -OCH3 is 1. The minimum absolute atomic E-state index is 0.0971. The van der Waals surface area contributed by atoms with Crippen LogP contribution in [0.3, 0.4) is 0 Å². The number of carboxylic acid groups (broad SMARTS) is 1. The van der Waals surface area contributed by atoms with Crippen LogP contribution in [0, 0.1) is 5.92 Å². The van der Waals surface area contributed by atoms with Crippen molar-refractivity contribution in [2.75, 3.05) is 32.2 Å². The Balaban J connectivity index is 2.06. The van der Waals surface area contributed by atoms with Crippen molar-refractivity contribution in [3.8, 4) is 0 Å². The fourth-order valence-electron chi connectivity index (χ4n) is 4.52. The highest BCUT2D eigenvalue weighted by Crippen LogP contribution is 2.38. The summed E-state index contributed by atoms with van der Waals surface area (Å²) in [5.74, 6) is -0.353. The van der Waals surface area contributed by atoms with Crippen molar-refractivity contribution >= 4 is 40.2 Å². The number of nitrogens with zero attached hydrogens (tertiary/aromatic N) is 2. The Morgan fingerprint density at radius 3 is 2.46 bits per heavy atom. The molecule has 1 aliphatic rings. The molecule has 1 fully saturated rings. The Kier molecular flexibility index (Phi) is 12.8. The highest BCUT2D eigenvalue weighted by Gasteiger charge is 2.34. The molecule has 35 heavy (non-hydrogen) atoms. The van der Waals surface area contributed by atoms with E-state index in [2.05, 4.69) is 29.0 Å². The van der Waals surface area contributed by atoms with Crippen molar-refractivity contribution in [1.29, 1.82) is 0 Å². The van der Waals surface area contributed by atoms with Crippen LogP contribution in [0.25, 0.3) is 0 Å². The molecule has 10 heteroatoms. The normalized spacial score (nSPS) is 18.6. The summed E-state index contributed by atoms with van der Waals surface area (Å²) >= 11 is 2.57. The Labute approximate surface area is 218 Å². The van der Waals surface area contributed by atoms with Gasteiger partial charge in [-0.25, -0.2) is 9.78 Å². The van der Waals surface area contributed by atoms with E-state index in [-0.39, 0.29) is 18.1 Å². The number of anilines is 1. The summed E-state index contributed by atoms with van der Waals surface area (Å²) in [6, 6.07) is 0.303. The molecule has 0 atom stereocenters. The van der Waals surface area contributed by atoms with Crippen molar-refractivity contribution in [2.24, 2.45) is 5.92 Å². The van der Waals surface area contributed by atoms with Crippen LogP contribution < -0.4 is 5.32 Å². The number of hydrogen-bond donors (Lipinski definition) is 2. The second kappa shape index (κ2) is 15.0. The van der Waals surface area contributed by atoms with E-state index >= 15 is 0 Å². The van der Waals surface area contributed by atoms with E-state index in [4.69, 9.17) is 9.47 Å². The Morgan fingerprint density at radius 2 is 1.89 bits per heavy atom. The number of ether oxygens (including phenoxy) is 2. The number of thioether (sulfide) groups is 1. The van der Waals surface area contributed by atoms with E-state index in [0.717, 1.165) is 62.2 Å². The average Bonchev–Trinajstić information content (AvgIpc) is 3.24. The minimum atomic E-state index is -0.959. The summed E-state index contributed by atoms with van der Waals surface area (Å²) in [7, 11) is 1.68. The van der Waals surface area contributed by atoms with Gasteiger partial charge in [-0.05, 0) is 58.3 Å². The first kappa shape index (κ1) is 29.9. The van der Waals surface area contributed by atoms with Crippen LogP contribution in [0.5, 0.6) is 0 Å². The largest absolute Gasteiger partial charge is 0.480 e. The van der Waals surface area contributed by atoms with Crippen LogP contribution >= 0.6 is 23.1 Å². The summed E-state index contributed by atoms with van der Waals surface area (Å²) in [4.78, 5) is 31.5. The van der Waals surface area contributed by atoms with Crippen molar-refractivity contribution in [3.05, 3.63) is 6.20 Å². The van der Waals surface area contributed by atoms with Crippen LogP contribution in [0.15, 0.2) is 10.4 Å². The van der Waals surface area contributed by atoms with Crippen LogP contribution in [0.2, 0.25) is 0 Å². The predicted molar refractivity (Wildman–Crippen MR) is 143 cm³/mol. The number of carbonyl (C=O) groups excluding carboxylic acids is 1. The SMILES string of the molecule is CCCC(CCC)N(C(=O)Nc1ncc(SC(C)(C)C(=O)O)s1)C1CCC(COCCOC)CC1. The molecule has 1 heterocycles. The van der Waals surface area contributed by atoms with Crippen molar-refractivity contribution in [1.82, 2.24) is 9.88 Å². The van der Waals surface area contributed by atoms with E-state index in [9.17, 15) is 14.7 Å². The summed E-state index contributed by atoms with van der Waals surface area (Å²) in [5.41, 5.74) is 0. The Morgan fingerprint density at radius 1 is 1.23 bits per heavy atom. The highest BCUT2D eigenvalue weighted by atomic mass is 32.2. The first-order valence-corrected chi connectivity index (χ1v) is 14.4. The maximum atomic E-state index is 13.6. The number of aromatic nitrogens is 1. The fourth-order valence-corrected chi connectivity index (χ4v) is 6.78. The van der Waals surface area contributed by atoms with Gasteiger partial charge < -0.3 is 19.5 Å². The third-order valence-corrected chi connectivity index (χ3v) is 8.63. The van der Waals surface area contributed by atoms with Gasteiger partial charge in [-0.1, -0.05) is 49.8 Å². The molecule has 0 saturated heterocycles. The number of carboxylic acids is 1. The number of carbonyl (C=O) groups is 2. The molecule has 2 N–H and O–H groups in total. The molecule has 0 spiro atoms. The molecule has 0 aliphatic heterocycles. The molecule has 0 bridgehead atoms. The third-order valence-electron chi connectivity index (χ3n) is 6.44. The molecule has 8 nitrogen and oxygen atoms in total. The number of aliphatic carboxylic acids is 1. The molecule has 0 aromatic carbocycles. The second-order valence-corrected chi connectivity index (χ2v) is 12.7. The average molecular weight is 530 g/mol. The number of hydrogen-bond acceptors (Lipinski definition) is 7. The zero-order chi connectivity index (χ0) is 25.8. The summed E-state index contributed by atoms with van der Waals surface area (Å²) < 4.78 is 10.6. The van der Waals surface area contributed by atoms with Crippen LogP contribution in [0.1, 0.15) is 79.1 Å². The summed E-state index contributed by atoms with van der Waals surface area (Å²) in [6.07, 6.45) is 9.70. The lowest BCUT2D eigenvalue weighted by atomic mass is 9.84. The highest BCUT2D eigenvalue weighted by molar-refractivity contribution is 8.03. The summed E-state index contributed by atoms with van der Waals surface area (Å²) in [6.45, 7) is 9.66. The van der Waals surface area contributed by atoms with Crippen LogP contribution in [0.4, 0.5) is 9.93 Å². The number of rotatable bonds is 15. The molecule has 0 unspecified atom stereocenters. The lowest BCUT2D eigenvalue weighted by molar-refractivity contribution is -0.138. The number of urea groups is 1. The molecule has 0 radical (unpaired) electrons. The molecular weight excluding hydrogens is 486 g/mol. The fraction of sp³-hybridized carbons (Fsp3) is 0.800. The van der Waals surface area contributed by atoms with Gasteiger partial charge in [-0.15, -0.1) is 0 Å². The van der Waals surface area contributed by atoms with Crippen molar-refractivity contribution in [2.45, 2.75) is 100 Å². The van der Waals surface area contributed by atoms with E-state index in [1.807, 2.05) is 0 Å². The number of nitrogens with one attached hydrogen (secondary N) is 1. The zero-order valence-corrected chi connectivity index (χ0v) is 23.5. The smallest absolute Gasteiger partial charge is 0.324 e. The van der Waals surface area contributed by atoms with Crippen molar-refractivity contribution in [3.63, 3.8) is 0 Å². The molecule has 2 rings (SSSR count). The van der Waals surface area contributed by atoms with Gasteiger partial charge in [0.25, 0.3) is 0 Å². The molecule has 1 aliphatic carbocycles. The van der Waals surface area contributed by atoms with Crippen LogP contribution in [-0.4, -0.2) is 70.8 Å². The lowest BCUT2D eigenvalue weighted by Crippen LogP contribution is -2.50. The van der Waals surface area contributed by atoms with Gasteiger partial charge in [0.2, 0.25) is 0 Å². The minimum Gasteiger partial charge on any atom is -0.480 e. The standard InChI is InChI=1S/C25H43N3O5S2/c1-6-8-19(9-7-2)28(20-12-10-18(11-13-20)17-33-15-14-32-5)24(31)27-23-26-16-21(34-23)35-25(3,4)22(29)30/h16,18-20H,6-15,17H2,1-5H3,(H,29,30)(H,26,27,31). The van der Waals surface area contributed by atoms with E-state index in [1.54, 1.807) is 27.2 Å². The zero-order valence-electron chi connectivity index (χ0n) is 21.9. The summed E-state index contributed by atoms with van der Waals surface area (Å²) in [5, 5.41) is 12.9. The Hall–Kier alpha value is -1.36. The third kappa shape index (κ3) is 9.55. The van der Waals surface area contributed by atoms with E-state index < -0.39 is 10.7 Å². The monoisotopic (exact) mass is 529 g/mol. The van der Waals surface area contributed by atoms with Gasteiger partial charge in [-0.2, -0.15) is 0 Å². The second-order valence-electron chi connectivity index (χ2n) is 9.71. The molecular formula is C25H43N3O5S2. The van der Waals surface area contributed by atoms with Gasteiger partial charge in [0.1, 0.15) is 4.75 Å². The van der Waals surface area contributed by atoms with Crippen molar-refractivity contribution < 1.29 is 24.2 Å². The van der Waals surface area contributed by atoms with Crippen LogP contribution in [-0.2, 0) is 14.3 Å². The van der Waals surface area contributed by atoms with E-state index in [0.29, 0.717) is 24.3 Å². The maximum Gasteiger partial charge on any atom is 0.324 e. The quantitative estimate of drug-likeness (QED) is 0.208. The topological polar surface area (TPSA) is 101 Å². The molecule has 1 aromatic heterocycles. The van der Waals surface area contributed by atoms with Gasteiger partial charge in [0, 0.05) is 25.8 Å². The van der Waals surface area contributed by atoms with Gasteiger partial charge in [-0.3, -0.25) is 10.1 Å². The van der Waals surface area contributed by atoms with Gasteiger partial charge >= 0.3 is 12.0 Å². The molecule has 1 saturated carbocycles. The molecule has 2 amide bonds. The molecule has 1 aromatic rings. The van der Waals surface area contributed by atoms with Gasteiger partial charge in [0.05, 0.1) is 23.6 Å². The lowest BCUT2D eigenvalue weighted by Gasteiger charge is -2.41. The first-order valence-electron chi connectivity index (χ1n) is 12.8. The Bertz CT molecular complexity index is 775. The number of amides is 2. The number of thiazole rings is 1. The molecule has 200 valence electrons. The van der Waals surface area contributed by atoms with Gasteiger partial charge in [0.15, 0.2) is 5.13 Å². The maximum absolute atomic E-state index is 13.6. The predicted octanol–water partition coefficient (Wildman–Crippen LogP) is 6.12.